The molecule has 2 aromatic carbocycles. The summed E-state index contributed by atoms with van der Waals surface area (Å²) >= 11 is 0. The van der Waals surface area contributed by atoms with Crippen molar-refractivity contribution >= 4 is 16.0 Å². The molecule has 1 aliphatic rings. The minimum absolute atomic E-state index is 0.00243. The summed E-state index contributed by atoms with van der Waals surface area (Å²) in [6.07, 6.45) is -1.49. The van der Waals surface area contributed by atoms with Crippen LogP contribution in [0.4, 0.5) is 0 Å². The highest BCUT2D eigenvalue weighted by Crippen LogP contribution is 2.22. The zero-order chi connectivity index (χ0) is 26.8. The fourth-order valence-electron chi connectivity index (χ4n) is 4.04. The number of hydrogen-bond donors (Lipinski definition) is 1. The molecule has 2 aromatic rings. The third-order valence-corrected chi connectivity index (χ3v) is 7.82. The van der Waals surface area contributed by atoms with Gasteiger partial charge in [0, 0.05) is 26.1 Å². The van der Waals surface area contributed by atoms with Gasteiger partial charge >= 0.3 is 5.97 Å². The number of ether oxygens (including phenoxy) is 4. The monoisotopic (exact) mass is 535 g/mol. The van der Waals surface area contributed by atoms with Gasteiger partial charge in [0.2, 0.25) is 10.0 Å². The molecule has 2 unspecified atom stereocenters. The van der Waals surface area contributed by atoms with E-state index in [0.29, 0.717) is 25.4 Å². The van der Waals surface area contributed by atoms with E-state index in [1.165, 1.54) is 23.5 Å². The number of carbonyl (C=O) groups excluding carboxylic acids is 1. The normalized spacial score (nSPS) is 17.6. The predicted octanol–water partition coefficient (Wildman–Crippen LogP) is 2.66. The molecular formula is C27H37NO8S. The maximum Gasteiger partial charge on any atom is 0.332 e. The highest BCUT2D eigenvalue weighted by molar-refractivity contribution is 7.89. The Bertz CT molecular complexity index is 1070. The summed E-state index contributed by atoms with van der Waals surface area (Å²) in [5.74, 6) is -0.0895. The molecule has 0 bridgehead atoms. The summed E-state index contributed by atoms with van der Waals surface area (Å²) in [4.78, 5) is 12.7. The van der Waals surface area contributed by atoms with Gasteiger partial charge in [-0.3, -0.25) is 0 Å². The van der Waals surface area contributed by atoms with Gasteiger partial charge in [0.1, 0.15) is 24.6 Å². The van der Waals surface area contributed by atoms with Crippen LogP contribution in [0.3, 0.4) is 0 Å². The van der Waals surface area contributed by atoms with Crippen LogP contribution in [0.1, 0.15) is 25.8 Å². The van der Waals surface area contributed by atoms with Crippen LogP contribution >= 0.6 is 0 Å². The molecule has 9 nitrogen and oxygen atoms in total. The van der Waals surface area contributed by atoms with Crippen molar-refractivity contribution in [1.29, 1.82) is 0 Å². The Balaban J connectivity index is 1.77. The lowest BCUT2D eigenvalue weighted by Gasteiger charge is -2.30. The molecule has 0 amide bonds. The van der Waals surface area contributed by atoms with Crippen molar-refractivity contribution in [2.75, 3.05) is 40.0 Å². The van der Waals surface area contributed by atoms with Gasteiger partial charge in [0.15, 0.2) is 0 Å². The van der Waals surface area contributed by atoms with E-state index in [-0.39, 0.29) is 43.0 Å². The summed E-state index contributed by atoms with van der Waals surface area (Å²) in [5, 5.41) is 11.2. The summed E-state index contributed by atoms with van der Waals surface area (Å²) in [7, 11) is -2.43. The number of sulfonamides is 1. The molecule has 0 aromatic heterocycles. The van der Waals surface area contributed by atoms with Crippen LogP contribution in [0, 0.1) is 5.92 Å². The van der Waals surface area contributed by atoms with Crippen LogP contribution in [-0.2, 0) is 35.4 Å². The molecule has 1 aliphatic heterocycles. The van der Waals surface area contributed by atoms with E-state index >= 15 is 0 Å². The van der Waals surface area contributed by atoms with Crippen molar-refractivity contribution in [3.63, 3.8) is 0 Å². The van der Waals surface area contributed by atoms with Gasteiger partial charge in [-0.1, -0.05) is 44.2 Å². The van der Waals surface area contributed by atoms with Crippen molar-refractivity contribution in [2.45, 2.75) is 49.9 Å². The van der Waals surface area contributed by atoms with Crippen LogP contribution in [0.2, 0.25) is 0 Å². The molecule has 0 radical (unpaired) electrons. The van der Waals surface area contributed by atoms with Crippen LogP contribution < -0.4 is 4.74 Å². The fourth-order valence-corrected chi connectivity index (χ4v) is 5.66. The minimum Gasteiger partial charge on any atom is -0.497 e. The Kier molecular flexibility index (Phi) is 10.9. The SMILES string of the molecule is COc1ccc(S(=O)(=O)N(CC(C)C)CC(O)C(Cc2ccccc2)OC(=O)CO[C@@H]2CCOC2)cc1. The Hall–Kier alpha value is -2.50. The van der Waals surface area contributed by atoms with Crippen molar-refractivity contribution < 1.29 is 37.3 Å². The van der Waals surface area contributed by atoms with E-state index in [9.17, 15) is 18.3 Å². The lowest BCUT2D eigenvalue weighted by Crippen LogP contribution is -2.46. The summed E-state index contributed by atoms with van der Waals surface area (Å²) < 4.78 is 49.8. The Morgan fingerprint density at radius 3 is 2.41 bits per heavy atom. The van der Waals surface area contributed by atoms with E-state index in [4.69, 9.17) is 18.9 Å². The van der Waals surface area contributed by atoms with Crippen molar-refractivity contribution in [1.82, 2.24) is 4.31 Å². The van der Waals surface area contributed by atoms with E-state index in [1.54, 1.807) is 12.1 Å². The second-order valence-corrected chi connectivity index (χ2v) is 11.4. The number of aliphatic hydroxyl groups excluding tert-OH is 1. The quantitative estimate of drug-likeness (QED) is 0.368. The molecule has 0 aliphatic carbocycles. The first-order valence-electron chi connectivity index (χ1n) is 12.4. The molecule has 10 heteroatoms. The van der Waals surface area contributed by atoms with E-state index < -0.39 is 28.2 Å². The van der Waals surface area contributed by atoms with Crippen molar-refractivity contribution in [3.8, 4) is 5.75 Å². The van der Waals surface area contributed by atoms with Crippen LogP contribution in [0.5, 0.6) is 5.75 Å². The summed E-state index contributed by atoms with van der Waals surface area (Å²) in [6, 6.07) is 15.4. The van der Waals surface area contributed by atoms with Crippen LogP contribution in [-0.4, -0.2) is 82.1 Å². The van der Waals surface area contributed by atoms with E-state index in [2.05, 4.69) is 0 Å². The average molecular weight is 536 g/mol. The number of methoxy groups -OCH3 is 1. The van der Waals surface area contributed by atoms with Gasteiger partial charge in [0.25, 0.3) is 0 Å². The molecule has 1 heterocycles. The molecule has 37 heavy (non-hydrogen) atoms. The molecule has 1 N–H and O–H groups in total. The second kappa shape index (κ2) is 13.9. The minimum atomic E-state index is -3.93. The fraction of sp³-hybridized carbons (Fsp3) is 0.519. The number of esters is 1. The average Bonchev–Trinajstić information content (AvgIpc) is 3.41. The molecule has 0 spiro atoms. The smallest absolute Gasteiger partial charge is 0.332 e. The van der Waals surface area contributed by atoms with Gasteiger partial charge in [0.05, 0.1) is 24.7 Å². The molecule has 204 valence electrons. The first-order valence-corrected chi connectivity index (χ1v) is 13.9. The standard InChI is InChI=1S/C27H37NO8S/c1-20(2)16-28(37(31,32)24-11-9-22(33-3)10-12-24)17-25(29)26(15-21-7-5-4-6-8-21)36-27(30)19-35-23-13-14-34-18-23/h4-12,20,23,25-26,29H,13-19H2,1-3H3/t23-,25?,26?/m1/s1. The first kappa shape index (κ1) is 29.1. The van der Waals surface area contributed by atoms with Gasteiger partial charge in [-0.05, 0) is 42.2 Å². The number of hydrogen-bond acceptors (Lipinski definition) is 8. The molecule has 1 saturated heterocycles. The number of aliphatic hydroxyl groups is 1. The Morgan fingerprint density at radius 1 is 1.11 bits per heavy atom. The summed E-state index contributed by atoms with van der Waals surface area (Å²) in [5.41, 5.74) is 0.845. The molecule has 3 rings (SSSR count). The molecular weight excluding hydrogens is 498 g/mol. The number of nitrogens with zero attached hydrogens (tertiary/aromatic N) is 1. The largest absolute Gasteiger partial charge is 0.497 e. The topological polar surface area (TPSA) is 112 Å². The van der Waals surface area contributed by atoms with Gasteiger partial charge in [-0.25, -0.2) is 13.2 Å². The third kappa shape index (κ3) is 8.79. The predicted molar refractivity (Wildman–Crippen MR) is 138 cm³/mol. The van der Waals surface area contributed by atoms with Crippen molar-refractivity contribution in [2.24, 2.45) is 5.92 Å². The second-order valence-electron chi connectivity index (χ2n) is 9.47. The zero-order valence-electron chi connectivity index (χ0n) is 21.6. The number of benzene rings is 2. The highest BCUT2D eigenvalue weighted by atomic mass is 32.2. The number of carbonyl (C=O) groups is 1. The zero-order valence-corrected chi connectivity index (χ0v) is 22.4. The highest BCUT2D eigenvalue weighted by Gasteiger charge is 2.32. The van der Waals surface area contributed by atoms with E-state index in [0.717, 1.165) is 5.56 Å². The Morgan fingerprint density at radius 2 is 1.81 bits per heavy atom. The van der Waals surface area contributed by atoms with Crippen molar-refractivity contribution in [3.05, 3.63) is 60.2 Å². The lowest BCUT2D eigenvalue weighted by molar-refractivity contribution is -0.162. The van der Waals surface area contributed by atoms with Gasteiger partial charge in [-0.15, -0.1) is 0 Å². The number of rotatable bonds is 14. The van der Waals surface area contributed by atoms with Crippen LogP contribution in [0.25, 0.3) is 0 Å². The summed E-state index contributed by atoms with van der Waals surface area (Å²) in [6.45, 7) is 4.48. The molecule has 0 saturated carbocycles. The maximum absolute atomic E-state index is 13.5. The lowest BCUT2D eigenvalue weighted by atomic mass is 10.0. The van der Waals surface area contributed by atoms with Gasteiger partial charge < -0.3 is 24.1 Å². The van der Waals surface area contributed by atoms with Gasteiger partial charge in [-0.2, -0.15) is 4.31 Å². The van der Waals surface area contributed by atoms with Crippen LogP contribution in [0.15, 0.2) is 59.5 Å². The third-order valence-electron chi connectivity index (χ3n) is 5.97. The maximum atomic E-state index is 13.5. The van der Waals surface area contributed by atoms with E-state index in [1.807, 2.05) is 44.2 Å². The molecule has 3 atom stereocenters. The first-order chi connectivity index (χ1) is 17.7. The Labute approximate surface area is 219 Å². The molecule has 1 fully saturated rings.